The van der Waals surface area contributed by atoms with E-state index in [0.717, 1.165) is 29.4 Å². The van der Waals surface area contributed by atoms with Crippen LogP contribution in [0.4, 0.5) is 11.4 Å². The Labute approximate surface area is 331 Å². The van der Waals surface area contributed by atoms with Crippen LogP contribution in [0.2, 0.25) is 0 Å². The lowest BCUT2D eigenvalue weighted by atomic mass is 9.95. The number of rotatable bonds is 21. The lowest BCUT2D eigenvalue weighted by molar-refractivity contribution is -0.143. The molecular formula is C42H49N5O10. The summed E-state index contributed by atoms with van der Waals surface area (Å²) >= 11 is 0. The molecule has 3 amide bonds. The summed E-state index contributed by atoms with van der Waals surface area (Å²) in [6.45, 7) is 5.68. The van der Waals surface area contributed by atoms with Crippen LogP contribution in [0.15, 0.2) is 84.0 Å². The van der Waals surface area contributed by atoms with E-state index in [1.54, 1.807) is 42.2 Å². The van der Waals surface area contributed by atoms with Crippen LogP contribution in [0, 0.1) is 5.92 Å². The Hall–Kier alpha value is -5.48. The smallest absolute Gasteiger partial charge is 0.326 e. The van der Waals surface area contributed by atoms with Crippen LogP contribution in [0.5, 0.6) is 0 Å². The van der Waals surface area contributed by atoms with Crippen molar-refractivity contribution in [1.29, 1.82) is 0 Å². The maximum absolute atomic E-state index is 14.3. The minimum Gasteiger partial charge on any atom is -0.465 e. The number of amides is 3. The average molecular weight is 784 g/mol. The number of hydrogen-bond acceptors (Lipinski definition) is 12. The van der Waals surface area contributed by atoms with E-state index in [2.05, 4.69) is 16.0 Å². The molecule has 1 saturated heterocycles. The van der Waals surface area contributed by atoms with Gasteiger partial charge in [0.05, 0.1) is 101 Å². The third-order valence-electron chi connectivity index (χ3n) is 9.82. The number of fused-ring (bicyclic) bond motifs is 2. The molecule has 2 aliphatic heterocycles. The van der Waals surface area contributed by atoms with Crippen molar-refractivity contribution in [1.82, 2.24) is 14.5 Å². The number of hydrogen-bond donors (Lipinski definition) is 0. The number of aromatic nitrogens is 2. The second kappa shape index (κ2) is 20.6. The molecule has 0 bridgehead atoms. The summed E-state index contributed by atoms with van der Waals surface area (Å²) in [7, 11) is 0. The number of piperidine rings is 1. The average Bonchev–Trinajstić information content (AvgIpc) is 3.47. The Bertz CT molecular complexity index is 2030. The van der Waals surface area contributed by atoms with E-state index >= 15 is 0 Å². The fourth-order valence-electron chi connectivity index (χ4n) is 7.00. The van der Waals surface area contributed by atoms with Gasteiger partial charge in [-0.2, -0.15) is 0 Å². The number of imide groups is 1. The Morgan fingerprint density at radius 3 is 2.14 bits per heavy atom. The first-order chi connectivity index (χ1) is 27.9. The molecule has 4 aromatic rings. The molecule has 4 heterocycles. The van der Waals surface area contributed by atoms with Gasteiger partial charge in [-0.15, -0.1) is 0 Å². The lowest BCUT2D eigenvalue weighted by Crippen LogP contribution is -2.46. The summed E-state index contributed by atoms with van der Waals surface area (Å²) in [5.74, 6) is -1.58. The van der Waals surface area contributed by atoms with Crippen LogP contribution in [0.3, 0.4) is 0 Å². The van der Waals surface area contributed by atoms with Crippen molar-refractivity contribution in [3.63, 3.8) is 0 Å². The third kappa shape index (κ3) is 10.7. The van der Waals surface area contributed by atoms with E-state index in [9.17, 15) is 24.0 Å². The molecule has 15 nitrogen and oxygen atoms in total. The molecular weight excluding hydrogens is 734 g/mol. The monoisotopic (exact) mass is 783 g/mol. The molecule has 2 aromatic carbocycles. The summed E-state index contributed by atoms with van der Waals surface area (Å²) in [4.78, 5) is 73.6. The Balaban J connectivity index is 0.939. The summed E-state index contributed by atoms with van der Waals surface area (Å²) in [5.41, 5.74) is 1.92. The molecule has 0 saturated carbocycles. The molecule has 1 fully saturated rings. The first-order valence-electron chi connectivity index (χ1n) is 19.4. The molecule has 302 valence electrons. The predicted molar refractivity (Wildman–Crippen MR) is 211 cm³/mol. The van der Waals surface area contributed by atoms with Gasteiger partial charge in [-0.05, 0) is 38.0 Å². The topological polar surface area (TPSA) is 159 Å². The number of benzene rings is 2. The van der Waals surface area contributed by atoms with Crippen LogP contribution in [-0.2, 0) is 39.8 Å². The quantitative estimate of drug-likeness (QED) is 0.0689. The van der Waals surface area contributed by atoms with Crippen molar-refractivity contribution in [2.75, 3.05) is 95.4 Å². The Kier molecular flexibility index (Phi) is 14.9. The molecule has 57 heavy (non-hydrogen) atoms. The van der Waals surface area contributed by atoms with Crippen molar-refractivity contribution >= 4 is 45.8 Å². The van der Waals surface area contributed by atoms with E-state index in [1.807, 2.05) is 30.6 Å². The number of carbonyl (C=O) groups is 4. The van der Waals surface area contributed by atoms with E-state index < -0.39 is 5.97 Å². The van der Waals surface area contributed by atoms with Crippen molar-refractivity contribution in [2.24, 2.45) is 5.92 Å². The molecule has 0 radical (unpaired) electrons. The zero-order valence-corrected chi connectivity index (χ0v) is 32.2. The normalized spacial score (nSPS) is 15.3. The molecule has 15 heteroatoms. The van der Waals surface area contributed by atoms with E-state index in [1.165, 1.54) is 21.7 Å². The molecule has 0 N–H and O–H groups in total. The van der Waals surface area contributed by atoms with Gasteiger partial charge >= 0.3 is 5.97 Å². The first-order valence-corrected chi connectivity index (χ1v) is 19.4. The highest BCUT2D eigenvalue weighted by Gasteiger charge is 2.35. The zero-order valence-electron chi connectivity index (χ0n) is 32.2. The number of esters is 1. The highest BCUT2D eigenvalue weighted by atomic mass is 16.6. The molecule has 2 aliphatic rings. The molecule has 0 spiro atoms. The Morgan fingerprint density at radius 2 is 1.44 bits per heavy atom. The molecule has 0 aliphatic carbocycles. The number of ether oxygens (including phenoxy) is 5. The fourth-order valence-corrected chi connectivity index (χ4v) is 7.00. The number of carbonyl (C=O) groups excluding carboxylic acids is 4. The van der Waals surface area contributed by atoms with Crippen molar-refractivity contribution in [3.05, 3.63) is 101 Å². The number of pyridine rings is 2. The van der Waals surface area contributed by atoms with Gasteiger partial charge < -0.3 is 38.1 Å². The maximum atomic E-state index is 14.3. The van der Waals surface area contributed by atoms with E-state index in [0.29, 0.717) is 62.8 Å². The second-order valence-corrected chi connectivity index (χ2v) is 13.6. The largest absolute Gasteiger partial charge is 0.465 e. The number of nitrogens with zero attached hydrogens (tertiary/aromatic N) is 5. The van der Waals surface area contributed by atoms with Crippen molar-refractivity contribution in [2.45, 2.75) is 26.3 Å². The molecule has 2 aromatic heterocycles. The lowest BCUT2D eigenvalue weighted by Gasteiger charge is -2.36. The van der Waals surface area contributed by atoms with Crippen LogP contribution in [-0.4, -0.2) is 124 Å². The standard InChI is InChI=1S/C42H49N5O10/c1-2-57-39(49)30-45-29-33(13-14-38(45)48)46(40(50)32-9-7-15-44(28-32)37-27-43-26-31-8-3-4-10-34(31)37)16-18-53-20-22-55-24-25-56-23-21-54-19-17-47-41(51)35-11-5-6-12-36(35)42(47)52/h3-6,8,10-14,26-27,29,32H,2,7,9,15-25,28,30H2,1H3/t32-/m0/s1. The maximum Gasteiger partial charge on any atom is 0.326 e. The minimum atomic E-state index is -0.541. The SMILES string of the molecule is CCOC(=O)Cn1cc(N(CCOCCOCCOCCOCCN2C(=O)c3ccccc3C2=O)C(=O)[C@H]2CCCN(c3cncc4ccccc34)C2)ccc1=O. The molecule has 1 atom stereocenters. The fraction of sp³-hybridized carbons (Fsp3) is 0.429. The zero-order chi connectivity index (χ0) is 40.0. The summed E-state index contributed by atoms with van der Waals surface area (Å²) in [6.07, 6.45) is 6.73. The van der Waals surface area contributed by atoms with E-state index in [-0.39, 0.29) is 75.3 Å². The second-order valence-electron chi connectivity index (χ2n) is 13.6. The van der Waals surface area contributed by atoms with E-state index in [4.69, 9.17) is 23.7 Å². The minimum absolute atomic E-state index is 0.0983. The van der Waals surface area contributed by atoms with Gasteiger partial charge in [0, 0.05) is 48.9 Å². The van der Waals surface area contributed by atoms with Crippen LogP contribution in [0.25, 0.3) is 10.8 Å². The highest BCUT2D eigenvalue weighted by Crippen LogP contribution is 2.31. The third-order valence-corrected chi connectivity index (χ3v) is 9.82. The van der Waals surface area contributed by atoms with Crippen molar-refractivity contribution in [3.8, 4) is 0 Å². The van der Waals surface area contributed by atoms with Crippen LogP contribution >= 0.6 is 0 Å². The molecule has 6 rings (SSSR count). The van der Waals surface area contributed by atoms with Gasteiger partial charge in [0.15, 0.2) is 0 Å². The van der Waals surface area contributed by atoms with Gasteiger partial charge in [-0.3, -0.25) is 33.9 Å². The van der Waals surface area contributed by atoms with Gasteiger partial charge in [-0.1, -0.05) is 36.4 Å². The van der Waals surface area contributed by atoms with Crippen LogP contribution < -0.4 is 15.4 Å². The van der Waals surface area contributed by atoms with Crippen molar-refractivity contribution < 1.29 is 42.9 Å². The highest BCUT2D eigenvalue weighted by molar-refractivity contribution is 6.21. The summed E-state index contributed by atoms with van der Waals surface area (Å²) in [6, 6.07) is 17.8. The molecule has 0 unspecified atom stereocenters. The number of anilines is 2. The summed E-state index contributed by atoms with van der Waals surface area (Å²) < 4.78 is 28.9. The van der Waals surface area contributed by atoms with Gasteiger partial charge in [0.1, 0.15) is 6.54 Å². The summed E-state index contributed by atoms with van der Waals surface area (Å²) in [5, 5.41) is 2.11. The van der Waals surface area contributed by atoms with Gasteiger partial charge in [0.2, 0.25) is 5.91 Å². The van der Waals surface area contributed by atoms with Crippen LogP contribution in [0.1, 0.15) is 40.5 Å². The van der Waals surface area contributed by atoms with Gasteiger partial charge in [0.25, 0.3) is 17.4 Å². The Morgan fingerprint density at radius 1 is 0.789 bits per heavy atom. The van der Waals surface area contributed by atoms with Gasteiger partial charge in [-0.25, -0.2) is 0 Å². The predicted octanol–water partition coefficient (Wildman–Crippen LogP) is 3.57. The first kappa shape index (κ1) is 41.2.